The number of piperidine rings is 1. The van der Waals surface area contributed by atoms with Crippen LogP contribution in [0.15, 0.2) is 0 Å². The lowest BCUT2D eigenvalue weighted by Crippen LogP contribution is -2.47. The molecule has 19 heavy (non-hydrogen) atoms. The molecule has 1 saturated carbocycles. The highest BCUT2D eigenvalue weighted by Gasteiger charge is 2.40. The second kappa shape index (κ2) is 5.90. The molecule has 1 aliphatic carbocycles. The number of carboxylic acids is 1. The van der Waals surface area contributed by atoms with Gasteiger partial charge in [0.15, 0.2) is 0 Å². The molecule has 0 aromatic rings. The predicted octanol–water partition coefficient (Wildman–Crippen LogP) is 1.04. The van der Waals surface area contributed by atoms with Crippen LogP contribution in [0.3, 0.4) is 0 Å². The fraction of sp³-hybridized carbons (Fsp3) is 0.857. The van der Waals surface area contributed by atoms with Gasteiger partial charge in [0.05, 0.1) is 11.8 Å². The van der Waals surface area contributed by atoms with Crippen molar-refractivity contribution in [3.05, 3.63) is 0 Å². The van der Waals surface area contributed by atoms with Crippen molar-refractivity contribution < 1.29 is 14.7 Å². The summed E-state index contributed by atoms with van der Waals surface area (Å²) in [7, 11) is 4.14. The maximum Gasteiger partial charge on any atom is 0.307 e. The van der Waals surface area contributed by atoms with Crippen LogP contribution in [0.25, 0.3) is 0 Å². The van der Waals surface area contributed by atoms with E-state index >= 15 is 0 Å². The van der Waals surface area contributed by atoms with Crippen LogP contribution in [0.5, 0.6) is 0 Å². The summed E-state index contributed by atoms with van der Waals surface area (Å²) >= 11 is 0. The molecule has 0 radical (unpaired) electrons. The fourth-order valence-electron chi connectivity index (χ4n) is 3.39. The number of aliphatic carboxylic acids is 1. The zero-order chi connectivity index (χ0) is 14.0. The number of carbonyl (C=O) groups is 2. The summed E-state index contributed by atoms with van der Waals surface area (Å²) in [4.78, 5) is 27.7. The molecule has 5 nitrogen and oxygen atoms in total. The molecule has 108 valence electrons. The highest BCUT2D eigenvalue weighted by Crippen LogP contribution is 2.34. The van der Waals surface area contributed by atoms with Gasteiger partial charge in [-0.2, -0.15) is 0 Å². The summed E-state index contributed by atoms with van der Waals surface area (Å²) in [6.45, 7) is 1.54. The van der Waals surface area contributed by atoms with Crippen LogP contribution < -0.4 is 0 Å². The van der Waals surface area contributed by atoms with Gasteiger partial charge in [-0.15, -0.1) is 0 Å². The van der Waals surface area contributed by atoms with Gasteiger partial charge in [-0.1, -0.05) is 6.42 Å². The van der Waals surface area contributed by atoms with E-state index in [0.717, 1.165) is 38.8 Å². The Kier molecular flexibility index (Phi) is 4.45. The van der Waals surface area contributed by atoms with Gasteiger partial charge in [0.1, 0.15) is 0 Å². The van der Waals surface area contributed by atoms with Crippen LogP contribution in [0, 0.1) is 11.8 Å². The first-order chi connectivity index (χ1) is 9.00. The van der Waals surface area contributed by atoms with Gasteiger partial charge in [-0.05, 0) is 39.8 Å². The number of likely N-dealkylation sites (tertiary alicyclic amines) is 1. The van der Waals surface area contributed by atoms with Crippen LogP contribution in [0.4, 0.5) is 0 Å². The first-order valence-corrected chi connectivity index (χ1v) is 7.18. The molecule has 5 heteroatoms. The topological polar surface area (TPSA) is 60.9 Å². The monoisotopic (exact) mass is 268 g/mol. The van der Waals surface area contributed by atoms with Crippen LogP contribution >= 0.6 is 0 Å². The molecule has 0 aromatic carbocycles. The van der Waals surface area contributed by atoms with E-state index in [1.807, 2.05) is 4.90 Å². The molecular weight excluding hydrogens is 244 g/mol. The fourth-order valence-corrected chi connectivity index (χ4v) is 3.39. The summed E-state index contributed by atoms with van der Waals surface area (Å²) < 4.78 is 0. The Bertz CT molecular complexity index is 349. The zero-order valence-electron chi connectivity index (χ0n) is 11.8. The molecule has 1 aliphatic heterocycles. The third-order valence-electron chi connectivity index (χ3n) is 4.66. The highest BCUT2D eigenvalue weighted by molar-refractivity contribution is 5.85. The standard InChI is InChI=1S/C14H24N2O3/c1-15(2)10-6-8-16(9-7-10)13(17)11-4-3-5-12(11)14(18)19/h10-12H,3-9H2,1-2H3,(H,18,19)/t11-,12+/m1/s1. The second-order valence-corrected chi connectivity index (χ2v) is 6.00. The summed E-state index contributed by atoms with van der Waals surface area (Å²) in [6.07, 6.45) is 4.23. The van der Waals surface area contributed by atoms with Gasteiger partial charge in [0, 0.05) is 19.1 Å². The summed E-state index contributed by atoms with van der Waals surface area (Å²) in [6, 6.07) is 0.544. The molecule has 0 bridgehead atoms. The van der Waals surface area contributed by atoms with Crippen LogP contribution in [0.2, 0.25) is 0 Å². The van der Waals surface area contributed by atoms with Crippen molar-refractivity contribution in [1.82, 2.24) is 9.80 Å². The number of nitrogens with zero attached hydrogens (tertiary/aromatic N) is 2. The van der Waals surface area contributed by atoms with Gasteiger partial charge < -0.3 is 14.9 Å². The molecule has 2 fully saturated rings. The predicted molar refractivity (Wildman–Crippen MR) is 71.8 cm³/mol. The average molecular weight is 268 g/mol. The number of rotatable bonds is 3. The maximum absolute atomic E-state index is 12.4. The molecule has 1 amide bonds. The van der Waals surface area contributed by atoms with Crippen molar-refractivity contribution in [1.29, 1.82) is 0 Å². The molecule has 0 aromatic heterocycles. The van der Waals surface area contributed by atoms with Crippen molar-refractivity contribution in [2.24, 2.45) is 11.8 Å². The minimum Gasteiger partial charge on any atom is -0.481 e. The van der Waals surface area contributed by atoms with E-state index < -0.39 is 11.9 Å². The summed E-state index contributed by atoms with van der Waals surface area (Å²) in [5.74, 6) is -1.48. The molecule has 1 saturated heterocycles. The molecule has 0 spiro atoms. The Morgan fingerprint density at radius 1 is 1.05 bits per heavy atom. The molecule has 0 unspecified atom stereocenters. The Labute approximate surface area is 114 Å². The Hall–Kier alpha value is -1.10. The van der Waals surface area contributed by atoms with E-state index in [2.05, 4.69) is 19.0 Å². The van der Waals surface area contributed by atoms with Crippen molar-refractivity contribution in [3.63, 3.8) is 0 Å². The average Bonchev–Trinajstić information content (AvgIpc) is 2.87. The van der Waals surface area contributed by atoms with Crippen molar-refractivity contribution in [3.8, 4) is 0 Å². The zero-order valence-corrected chi connectivity index (χ0v) is 11.8. The Morgan fingerprint density at radius 2 is 1.63 bits per heavy atom. The highest BCUT2D eigenvalue weighted by atomic mass is 16.4. The van der Waals surface area contributed by atoms with E-state index in [0.29, 0.717) is 12.5 Å². The van der Waals surface area contributed by atoms with Crippen molar-refractivity contribution >= 4 is 11.9 Å². The molecular formula is C14H24N2O3. The number of amides is 1. The minimum atomic E-state index is -0.806. The van der Waals surface area contributed by atoms with Gasteiger partial charge in [-0.3, -0.25) is 9.59 Å². The van der Waals surface area contributed by atoms with E-state index in [4.69, 9.17) is 5.11 Å². The normalized spacial score (nSPS) is 28.9. The van der Waals surface area contributed by atoms with Crippen molar-refractivity contribution in [2.75, 3.05) is 27.2 Å². The molecule has 2 atom stereocenters. The lowest BCUT2D eigenvalue weighted by atomic mass is 9.93. The van der Waals surface area contributed by atoms with Gasteiger partial charge in [0.2, 0.25) is 5.91 Å². The first kappa shape index (κ1) is 14.3. The molecule has 1 heterocycles. The minimum absolute atomic E-state index is 0.0714. The number of hydrogen-bond acceptors (Lipinski definition) is 3. The molecule has 2 aliphatic rings. The quantitative estimate of drug-likeness (QED) is 0.831. The number of hydrogen-bond donors (Lipinski definition) is 1. The summed E-state index contributed by atoms with van der Waals surface area (Å²) in [5.41, 5.74) is 0. The van der Waals surface area contributed by atoms with Crippen molar-refractivity contribution in [2.45, 2.75) is 38.1 Å². The van der Waals surface area contributed by atoms with E-state index in [-0.39, 0.29) is 11.8 Å². The molecule has 2 rings (SSSR count). The van der Waals surface area contributed by atoms with Crippen LogP contribution in [-0.4, -0.2) is 60.0 Å². The smallest absolute Gasteiger partial charge is 0.307 e. The molecule has 1 N–H and O–H groups in total. The third-order valence-corrected chi connectivity index (χ3v) is 4.66. The van der Waals surface area contributed by atoms with Crippen LogP contribution in [-0.2, 0) is 9.59 Å². The largest absolute Gasteiger partial charge is 0.481 e. The number of carbonyl (C=O) groups excluding carboxylic acids is 1. The second-order valence-electron chi connectivity index (χ2n) is 6.00. The van der Waals surface area contributed by atoms with Gasteiger partial charge >= 0.3 is 5.97 Å². The van der Waals surface area contributed by atoms with E-state index in [1.165, 1.54) is 0 Å². The first-order valence-electron chi connectivity index (χ1n) is 7.18. The van der Waals surface area contributed by atoms with Crippen LogP contribution in [0.1, 0.15) is 32.1 Å². The Morgan fingerprint density at radius 3 is 2.16 bits per heavy atom. The van der Waals surface area contributed by atoms with Gasteiger partial charge in [-0.25, -0.2) is 0 Å². The number of carboxylic acid groups (broad SMARTS) is 1. The van der Waals surface area contributed by atoms with E-state index in [9.17, 15) is 9.59 Å². The Balaban J connectivity index is 1.92. The van der Waals surface area contributed by atoms with Gasteiger partial charge in [0.25, 0.3) is 0 Å². The lowest BCUT2D eigenvalue weighted by molar-refractivity contribution is -0.149. The lowest BCUT2D eigenvalue weighted by Gasteiger charge is -2.36. The SMILES string of the molecule is CN(C)C1CCN(C(=O)[C@@H]2CCC[C@@H]2C(=O)O)CC1. The van der Waals surface area contributed by atoms with E-state index in [1.54, 1.807) is 0 Å². The summed E-state index contributed by atoms with van der Waals surface area (Å²) in [5, 5.41) is 9.17. The maximum atomic E-state index is 12.4. The third kappa shape index (κ3) is 3.08.